The Hall–Kier alpha value is -2.38. The van der Waals surface area contributed by atoms with E-state index in [-0.39, 0.29) is 11.8 Å². The van der Waals surface area contributed by atoms with Gasteiger partial charge in [0.15, 0.2) is 0 Å². The molecule has 0 unspecified atom stereocenters. The van der Waals surface area contributed by atoms with Crippen LogP contribution in [-0.2, 0) is 11.3 Å². The second-order valence-electron chi connectivity index (χ2n) is 6.93. The molecule has 6 nitrogen and oxygen atoms in total. The highest BCUT2D eigenvalue weighted by Crippen LogP contribution is 2.33. The first-order chi connectivity index (χ1) is 14.1. The quantitative estimate of drug-likeness (QED) is 0.641. The maximum atomic E-state index is 12.4. The Morgan fingerprint density at radius 2 is 1.97 bits per heavy atom. The molecule has 0 spiro atoms. The lowest BCUT2D eigenvalue weighted by atomic mass is 10.1. The Morgan fingerprint density at radius 1 is 1.21 bits per heavy atom. The Bertz CT molecular complexity index is 837. The molecule has 154 valence electrons. The number of nitrogens with one attached hydrogen (secondary N) is 1. The first-order valence-electron chi connectivity index (χ1n) is 10.1. The number of pyridine rings is 1. The smallest absolute Gasteiger partial charge is 0.251 e. The summed E-state index contributed by atoms with van der Waals surface area (Å²) in [5.74, 6) is 0.416. The van der Waals surface area contributed by atoms with Crippen LogP contribution in [0.25, 0.3) is 0 Å². The summed E-state index contributed by atoms with van der Waals surface area (Å²) in [5, 5.41) is 3.86. The van der Waals surface area contributed by atoms with E-state index in [4.69, 9.17) is 0 Å². The molecular formula is C22H28N4O2S. The number of carbonyl (C=O) groups excluding carboxylic acids is 2. The third kappa shape index (κ3) is 5.58. The normalized spacial score (nSPS) is 13.5. The SMILES string of the molecule is CCN(CC)CCCNC(=O)c1ccc(CN2C(=O)CSc3ncccc32)cc1. The molecule has 1 aliphatic heterocycles. The van der Waals surface area contributed by atoms with Crippen LogP contribution in [0, 0.1) is 0 Å². The minimum absolute atomic E-state index is 0.0592. The van der Waals surface area contributed by atoms with Crippen molar-refractivity contribution in [2.45, 2.75) is 31.8 Å². The van der Waals surface area contributed by atoms with Crippen molar-refractivity contribution in [3.63, 3.8) is 0 Å². The molecular weight excluding hydrogens is 384 g/mol. The monoisotopic (exact) mass is 412 g/mol. The first-order valence-corrected chi connectivity index (χ1v) is 11.1. The molecule has 0 atom stereocenters. The molecule has 0 fully saturated rings. The standard InChI is InChI=1S/C22H28N4O2S/c1-3-25(4-2)14-6-13-23-21(28)18-10-8-17(9-11-18)15-26-19-7-5-12-24-22(19)29-16-20(26)27/h5,7-12H,3-4,6,13-16H2,1-2H3,(H,23,28). The number of anilines is 1. The summed E-state index contributed by atoms with van der Waals surface area (Å²) >= 11 is 1.47. The Balaban J connectivity index is 1.55. The van der Waals surface area contributed by atoms with Gasteiger partial charge in [-0.25, -0.2) is 4.98 Å². The predicted octanol–water partition coefficient (Wildman–Crippen LogP) is 3.18. The highest BCUT2D eigenvalue weighted by Gasteiger charge is 2.25. The number of carbonyl (C=O) groups is 2. The number of hydrogen-bond acceptors (Lipinski definition) is 5. The molecule has 2 heterocycles. The molecule has 0 saturated carbocycles. The minimum atomic E-state index is -0.0592. The van der Waals surface area contributed by atoms with E-state index in [0.717, 1.165) is 42.3 Å². The topological polar surface area (TPSA) is 65.5 Å². The Labute approximate surface area is 176 Å². The zero-order chi connectivity index (χ0) is 20.6. The van der Waals surface area contributed by atoms with Gasteiger partial charge in [0.25, 0.3) is 5.91 Å². The second kappa shape index (κ2) is 10.4. The molecule has 3 rings (SSSR count). The van der Waals surface area contributed by atoms with Crippen LogP contribution in [0.5, 0.6) is 0 Å². The van der Waals surface area contributed by atoms with Gasteiger partial charge >= 0.3 is 0 Å². The Morgan fingerprint density at radius 3 is 2.69 bits per heavy atom. The van der Waals surface area contributed by atoms with Crippen LogP contribution in [0.15, 0.2) is 47.6 Å². The van der Waals surface area contributed by atoms with Crippen molar-refractivity contribution in [3.05, 3.63) is 53.7 Å². The fourth-order valence-corrected chi connectivity index (χ4v) is 4.18. The molecule has 2 amide bonds. The van der Waals surface area contributed by atoms with Crippen LogP contribution in [0.3, 0.4) is 0 Å². The average molecular weight is 413 g/mol. The Kier molecular flexibility index (Phi) is 7.66. The highest BCUT2D eigenvalue weighted by molar-refractivity contribution is 8.00. The minimum Gasteiger partial charge on any atom is -0.352 e. The third-order valence-corrected chi connectivity index (χ3v) is 6.04. The van der Waals surface area contributed by atoms with E-state index in [1.807, 2.05) is 36.4 Å². The molecule has 1 aromatic carbocycles. The molecule has 2 aromatic rings. The van der Waals surface area contributed by atoms with Gasteiger partial charge in [-0.15, -0.1) is 0 Å². The summed E-state index contributed by atoms with van der Waals surface area (Å²) in [7, 11) is 0. The number of aromatic nitrogens is 1. The lowest BCUT2D eigenvalue weighted by Gasteiger charge is -2.28. The molecule has 1 aliphatic rings. The van der Waals surface area contributed by atoms with E-state index >= 15 is 0 Å². The fourth-order valence-electron chi connectivity index (χ4n) is 3.31. The van der Waals surface area contributed by atoms with Gasteiger partial charge in [-0.05, 0) is 55.9 Å². The number of rotatable bonds is 9. The fraction of sp³-hybridized carbons (Fsp3) is 0.409. The molecule has 0 radical (unpaired) electrons. The highest BCUT2D eigenvalue weighted by atomic mass is 32.2. The number of fused-ring (bicyclic) bond motifs is 1. The van der Waals surface area contributed by atoms with E-state index in [2.05, 4.69) is 29.0 Å². The summed E-state index contributed by atoms with van der Waals surface area (Å²) in [5.41, 5.74) is 2.47. The van der Waals surface area contributed by atoms with Crippen molar-refractivity contribution in [3.8, 4) is 0 Å². The van der Waals surface area contributed by atoms with Crippen LogP contribution in [0.1, 0.15) is 36.2 Å². The van der Waals surface area contributed by atoms with E-state index in [1.165, 1.54) is 11.8 Å². The molecule has 0 aliphatic carbocycles. The number of benzene rings is 1. The average Bonchev–Trinajstić information content (AvgIpc) is 2.76. The summed E-state index contributed by atoms with van der Waals surface area (Å²) in [6.07, 6.45) is 2.68. The largest absolute Gasteiger partial charge is 0.352 e. The summed E-state index contributed by atoms with van der Waals surface area (Å²) < 4.78 is 0. The first kappa shape index (κ1) is 21.3. The van der Waals surface area contributed by atoms with Gasteiger partial charge < -0.3 is 15.1 Å². The number of hydrogen-bond donors (Lipinski definition) is 1. The molecule has 29 heavy (non-hydrogen) atoms. The van der Waals surface area contributed by atoms with Crippen molar-refractivity contribution < 1.29 is 9.59 Å². The summed E-state index contributed by atoms with van der Waals surface area (Å²) in [6, 6.07) is 11.2. The molecule has 1 N–H and O–H groups in total. The van der Waals surface area contributed by atoms with Crippen LogP contribution < -0.4 is 10.2 Å². The van der Waals surface area contributed by atoms with Crippen molar-refractivity contribution in [2.24, 2.45) is 0 Å². The van der Waals surface area contributed by atoms with Gasteiger partial charge in [-0.1, -0.05) is 37.7 Å². The number of nitrogens with zero attached hydrogens (tertiary/aromatic N) is 3. The van der Waals surface area contributed by atoms with Gasteiger partial charge in [-0.2, -0.15) is 0 Å². The van der Waals surface area contributed by atoms with Gasteiger partial charge in [-0.3, -0.25) is 9.59 Å². The predicted molar refractivity (Wildman–Crippen MR) is 117 cm³/mol. The maximum absolute atomic E-state index is 12.4. The lowest BCUT2D eigenvalue weighted by Crippen LogP contribution is -2.35. The van der Waals surface area contributed by atoms with E-state index in [1.54, 1.807) is 11.1 Å². The zero-order valence-corrected chi connectivity index (χ0v) is 17.9. The van der Waals surface area contributed by atoms with Crippen LogP contribution in [-0.4, -0.2) is 53.6 Å². The van der Waals surface area contributed by atoms with E-state index in [9.17, 15) is 9.59 Å². The molecule has 1 aromatic heterocycles. The van der Waals surface area contributed by atoms with Crippen molar-refractivity contribution in [2.75, 3.05) is 36.8 Å². The maximum Gasteiger partial charge on any atom is 0.251 e. The van der Waals surface area contributed by atoms with Crippen LogP contribution >= 0.6 is 11.8 Å². The summed E-state index contributed by atoms with van der Waals surface area (Å²) in [6.45, 7) is 8.49. The molecule has 0 bridgehead atoms. The second-order valence-corrected chi connectivity index (χ2v) is 7.89. The van der Waals surface area contributed by atoms with Crippen LogP contribution in [0.2, 0.25) is 0 Å². The van der Waals surface area contributed by atoms with Crippen molar-refractivity contribution >= 4 is 29.3 Å². The van der Waals surface area contributed by atoms with Gasteiger partial charge in [0.2, 0.25) is 5.91 Å². The van der Waals surface area contributed by atoms with Gasteiger partial charge in [0.1, 0.15) is 5.03 Å². The number of thioether (sulfide) groups is 1. The molecule has 7 heteroatoms. The van der Waals surface area contributed by atoms with Gasteiger partial charge in [0, 0.05) is 18.3 Å². The number of amides is 2. The van der Waals surface area contributed by atoms with Gasteiger partial charge in [0.05, 0.1) is 18.0 Å². The zero-order valence-electron chi connectivity index (χ0n) is 17.1. The lowest BCUT2D eigenvalue weighted by molar-refractivity contribution is -0.116. The summed E-state index contributed by atoms with van der Waals surface area (Å²) in [4.78, 5) is 33.2. The molecule has 0 saturated heterocycles. The van der Waals surface area contributed by atoms with Crippen molar-refractivity contribution in [1.82, 2.24) is 15.2 Å². The van der Waals surface area contributed by atoms with E-state index < -0.39 is 0 Å². The van der Waals surface area contributed by atoms with Crippen molar-refractivity contribution in [1.29, 1.82) is 0 Å². The van der Waals surface area contributed by atoms with Crippen LogP contribution in [0.4, 0.5) is 5.69 Å². The van der Waals surface area contributed by atoms with E-state index in [0.29, 0.717) is 24.4 Å². The third-order valence-electron chi connectivity index (χ3n) is 5.06.